The first kappa shape index (κ1) is 16.1. The van der Waals surface area contributed by atoms with E-state index in [1.807, 2.05) is 12.1 Å². The molecule has 1 saturated heterocycles. The fourth-order valence-corrected chi connectivity index (χ4v) is 2.64. The van der Waals surface area contributed by atoms with Crippen LogP contribution in [-0.2, 0) is 11.2 Å². The van der Waals surface area contributed by atoms with E-state index >= 15 is 0 Å². The maximum Gasteiger partial charge on any atom is 0.405 e. The van der Waals surface area contributed by atoms with Gasteiger partial charge in [-0.3, -0.25) is 10.2 Å². The lowest BCUT2D eigenvalue weighted by Gasteiger charge is -2.28. The van der Waals surface area contributed by atoms with Crippen molar-refractivity contribution in [3.8, 4) is 0 Å². The van der Waals surface area contributed by atoms with Gasteiger partial charge in [-0.15, -0.1) is 0 Å². The van der Waals surface area contributed by atoms with E-state index in [1.54, 1.807) is 12.1 Å². The number of hydrazine groups is 1. The molecular formula is C14H16ClF3N2O. The third-order valence-corrected chi connectivity index (χ3v) is 3.85. The quantitative estimate of drug-likeness (QED) is 0.902. The van der Waals surface area contributed by atoms with Crippen molar-refractivity contribution >= 4 is 17.5 Å². The molecule has 1 aliphatic heterocycles. The van der Waals surface area contributed by atoms with Crippen LogP contribution in [0, 0.1) is 0 Å². The van der Waals surface area contributed by atoms with Crippen LogP contribution in [0.15, 0.2) is 24.3 Å². The average molecular weight is 321 g/mol. The molecule has 7 heteroatoms. The number of nitrogens with zero attached hydrogens (tertiary/aromatic N) is 1. The molecule has 0 aliphatic carbocycles. The van der Waals surface area contributed by atoms with E-state index in [0.717, 1.165) is 10.6 Å². The maximum atomic E-state index is 13.1. The molecule has 0 radical (unpaired) electrons. The van der Waals surface area contributed by atoms with E-state index in [-0.39, 0.29) is 25.3 Å². The zero-order valence-corrected chi connectivity index (χ0v) is 12.0. The normalized spacial score (nSPS) is 17.8. The summed E-state index contributed by atoms with van der Waals surface area (Å²) in [4.78, 5) is 11.1. The van der Waals surface area contributed by atoms with Crippen molar-refractivity contribution in [2.45, 2.75) is 37.9 Å². The third kappa shape index (κ3) is 4.35. The highest BCUT2D eigenvalue weighted by atomic mass is 35.5. The van der Waals surface area contributed by atoms with Gasteiger partial charge in [0.2, 0.25) is 5.91 Å². The molecule has 1 aromatic carbocycles. The zero-order valence-electron chi connectivity index (χ0n) is 11.3. The number of alkyl halides is 3. The van der Waals surface area contributed by atoms with Gasteiger partial charge in [0.25, 0.3) is 0 Å². The summed E-state index contributed by atoms with van der Waals surface area (Å²) < 4.78 is 39.3. The summed E-state index contributed by atoms with van der Waals surface area (Å²) >= 11 is 5.99. The maximum absolute atomic E-state index is 13.1. The van der Waals surface area contributed by atoms with Gasteiger partial charge in [0.05, 0.1) is 0 Å². The first-order chi connectivity index (χ1) is 9.88. The van der Waals surface area contributed by atoms with Gasteiger partial charge in [-0.1, -0.05) is 29.8 Å². The molecule has 0 bridgehead atoms. The summed E-state index contributed by atoms with van der Waals surface area (Å²) in [7, 11) is 0. The summed E-state index contributed by atoms with van der Waals surface area (Å²) in [6, 6.07) is 5.47. The van der Waals surface area contributed by atoms with Crippen LogP contribution in [-0.4, -0.2) is 29.7 Å². The van der Waals surface area contributed by atoms with Crippen LogP contribution >= 0.6 is 11.6 Å². The second-order valence-electron chi connectivity index (χ2n) is 5.02. The number of halogens is 4. The van der Waals surface area contributed by atoms with Crippen molar-refractivity contribution in [2.75, 3.05) is 6.54 Å². The number of carbonyl (C=O) groups is 1. The highest BCUT2D eigenvalue weighted by molar-refractivity contribution is 6.31. The summed E-state index contributed by atoms with van der Waals surface area (Å²) in [6.45, 7) is 0.0924. The Morgan fingerprint density at radius 1 is 1.33 bits per heavy atom. The molecular weight excluding hydrogens is 305 g/mol. The molecule has 0 spiro atoms. The van der Waals surface area contributed by atoms with Gasteiger partial charge < -0.3 is 0 Å². The smallest absolute Gasteiger partial charge is 0.288 e. The third-order valence-electron chi connectivity index (χ3n) is 3.48. The summed E-state index contributed by atoms with van der Waals surface area (Å²) in [6.07, 6.45) is -3.50. The van der Waals surface area contributed by atoms with Gasteiger partial charge in [-0.05, 0) is 30.9 Å². The lowest BCUT2D eigenvalue weighted by Crippen LogP contribution is -2.49. The topological polar surface area (TPSA) is 32.3 Å². The summed E-state index contributed by atoms with van der Waals surface area (Å²) in [5.74, 6) is -0.365. The number of rotatable bonds is 5. The lowest BCUT2D eigenvalue weighted by atomic mass is 10.0. The SMILES string of the molecule is O=C1CCN([C@@H](CCCc2ccccc2Cl)C(F)(F)F)N1. The van der Waals surface area contributed by atoms with Gasteiger partial charge in [-0.2, -0.15) is 13.2 Å². The predicted molar refractivity (Wildman–Crippen MR) is 73.7 cm³/mol. The zero-order chi connectivity index (χ0) is 15.5. The first-order valence-electron chi connectivity index (χ1n) is 6.74. The van der Waals surface area contributed by atoms with Gasteiger partial charge in [0.15, 0.2) is 0 Å². The van der Waals surface area contributed by atoms with Crippen molar-refractivity contribution in [2.24, 2.45) is 0 Å². The number of aryl methyl sites for hydroxylation is 1. The number of amides is 1. The second kappa shape index (κ2) is 6.66. The second-order valence-corrected chi connectivity index (χ2v) is 5.43. The van der Waals surface area contributed by atoms with Gasteiger partial charge >= 0.3 is 6.18 Å². The summed E-state index contributed by atoms with van der Waals surface area (Å²) in [5.41, 5.74) is 3.11. The van der Waals surface area contributed by atoms with Crippen LogP contribution in [0.4, 0.5) is 13.2 Å². The van der Waals surface area contributed by atoms with Gasteiger partial charge in [0.1, 0.15) is 6.04 Å². The minimum atomic E-state index is -4.36. The number of hydrogen-bond acceptors (Lipinski definition) is 2. The average Bonchev–Trinajstić information content (AvgIpc) is 2.81. The highest BCUT2D eigenvalue weighted by Crippen LogP contribution is 2.29. The van der Waals surface area contributed by atoms with Gasteiger partial charge in [-0.25, -0.2) is 5.01 Å². The minimum absolute atomic E-state index is 0.0744. The highest BCUT2D eigenvalue weighted by Gasteiger charge is 2.45. The molecule has 3 nitrogen and oxygen atoms in total. The first-order valence-corrected chi connectivity index (χ1v) is 7.12. The Bertz CT molecular complexity index is 507. The molecule has 1 N–H and O–H groups in total. The molecule has 1 aromatic rings. The monoisotopic (exact) mass is 320 g/mol. The van der Waals surface area contributed by atoms with Crippen molar-refractivity contribution in [3.63, 3.8) is 0 Å². The minimum Gasteiger partial charge on any atom is -0.288 e. The van der Waals surface area contributed by atoms with Crippen LogP contribution in [0.5, 0.6) is 0 Å². The fraction of sp³-hybridized carbons (Fsp3) is 0.500. The van der Waals surface area contributed by atoms with E-state index < -0.39 is 12.2 Å². The Morgan fingerprint density at radius 2 is 2.05 bits per heavy atom. The van der Waals surface area contributed by atoms with Crippen LogP contribution in [0.2, 0.25) is 5.02 Å². The molecule has 21 heavy (non-hydrogen) atoms. The van der Waals surface area contributed by atoms with Gasteiger partial charge in [0, 0.05) is 18.0 Å². The van der Waals surface area contributed by atoms with E-state index in [0.29, 0.717) is 17.9 Å². The number of hydrogen-bond donors (Lipinski definition) is 1. The Balaban J connectivity index is 1.94. The molecule has 1 heterocycles. The van der Waals surface area contributed by atoms with Crippen LogP contribution in [0.25, 0.3) is 0 Å². The lowest BCUT2D eigenvalue weighted by molar-refractivity contribution is -0.190. The van der Waals surface area contributed by atoms with Crippen molar-refractivity contribution in [3.05, 3.63) is 34.9 Å². The molecule has 1 amide bonds. The molecule has 1 atom stereocenters. The molecule has 0 saturated carbocycles. The Labute approximate surface area is 126 Å². The molecule has 0 aromatic heterocycles. The van der Waals surface area contributed by atoms with E-state index in [2.05, 4.69) is 5.43 Å². The molecule has 1 aliphatic rings. The molecule has 0 unspecified atom stereocenters. The largest absolute Gasteiger partial charge is 0.405 e. The predicted octanol–water partition coefficient (Wildman–Crippen LogP) is 3.33. The van der Waals surface area contributed by atoms with E-state index in [9.17, 15) is 18.0 Å². The number of benzene rings is 1. The van der Waals surface area contributed by atoms with E-state index in [1.165, 1.54) is 0 Å². The van der Waals surface area contributed by atoms with E-state index in [4.69, 9.17) is 11.6 Å². The van der Waals surface area contributed by atoms with Crippen LogP contribution in [0.1, 0.15) is 24.8 Å². The van der Waals surface area contributed by atoms with Crippen LogP contribution in [0.3, 0.4) is 0 Å². The Kier molecular flexibility index (Phi) is 5.11. The number of carbonyl (C=O) groups excluding carboxylic acids is 1. The fourth-order valence-electron chi connectivity index (χ4n) is 2.41. The van der Waals surface area contributed by atoms with Crippen molar-refractivity contribution < 1.29 is 18.0 Å². The Hall–Kier alpha value is -1.27. The standard InChI is InChI=1S/C14H16ClF3N2O/c15-11-6-2-1-4-10(11)5-3-7-12(14(16,17)18)20-9-8-13(21)19-20/h1-2,4,6,12H,3,5,7-9H2,(H,19,21)/t12-/m0/s1. The number of nitrogens with one attached hydrogen (secondary N) is 1. The van der Waals surface area contributed by atoms with Crippen molar-refractivity contribution in [1.82, 2.24) is 10.4 Å². The summed E-state index contributed by atoms with van der Waals surface area (Å²) in [5, 5.41) is 1.56. The van der Waals surface area contributed by atoms with Crippen LogP contribution < -0.4 is 5.43 Å². The molecule has 2 rings (SSSR count). The molecule has 116 valence electrons. The molecule has 1 fully saturated rings. The van der Waals surface area contributed by atoms with Crippen molar-refractivity contribution in [1.29, 1.82) is 0 Å². The Morgan fingerprint density at radius 3 is 2.62 bits per heavy atom.